The fourth-order valence-corrected chi connectivity index (χ4v) is 2.91. The predicted octanol–water partition coefficient (Wildman–Crippen LogP) is 0.913. The molecule has 20 heavy (non-hydrogen) atoms. The predicted molar refractivity (Wildman–Crippen MR) is 69.3 cm³/mol. The second-order valence-electron chi connectivity index (χ2n) is 4.86. The van der Waals surface area contributed by atoms with Crippen LogP contribution in [0, 0.1) is 11.8 Å². The first-order valence-corrected chi connectivity index (χ1v) is 6.99. The molecule has 0 aromatic heterocycles. The molecule has 2 aliphatic rings. The molecule has 110 valence electrons. The number of ether oxygens (including phenoxy) is 2. The Morgan fingerprint density at radius 2 is 1.70 bits per heavy atom. The first-order chi connectivity index (χ1) is 9.60. The van der Waals surface area contributed by atoms with E-state index in [1.54, 1.807) is 13.8 Å². The van der Waals surface area contributed by atoms with E-state index in [4.69, 9.17) is 9.47 Å². The Morgan fingerprint density at radius 1 is 1.10 bits per heavy atom. The van der Waals surface area contributed by atoms with Gasteiger partial charge in [-0.05, 0) is 26.7 Å². The molecule has 6 nitrogen and oxygen atoms in total. The maximum Gasteiger partial charge on any atom is 0.355 e. The quantitative estimate of drug-likeness (QED) is 0.775. The summed E-state index contributed by atoms with van der Waals surface area (Å²) in [5.74, 6) is -1.89. The summed E-state index contributed by atoms with van der Waals surface area (Å²) >= 11 is 0. The van der Waals surface area contributed by atoms with Gasteiger partial charge < -0.3 is 14.8 Å². The van der Waals surface area contributed by atoms with Crippen LogP contribution in [-0.4, -0.2) is 31.1 Å². The molecule has 1 N–H and O–H groups in total. The van der Waals surface area contributed by atoms with Crippen molar-refractivity contribution in [2.75, 3.05) is 13.2 Å². The fourth-order valence-electron chi connectivity index (χ4n) is 2.91. The minimum absolute atomic E-state index is 0.0431. The van der Waals surface area contributed by atoms with Crippen molar-refractivity contribution in [3.63, 3.8) is 0 Å². The SMILES string of the molecule is CCOC(=O)C1=C(C(=O)OCC)[C@H]2CCC[C@H]2C(=O)N1. The van der Waals surface area contributed by atoms with Crippen molar-refractivity contribution < 1.29 is 23.9 Å². The van der Waals surface area contributed by atoms with Gasteiger partial charge in [-0.1, -0.05) is 6.42 Å². The monoisotopic (exact) mass is 281 g/mol. The molecule has 2 rings (SSSR count). The topological polar surface area (TPSA) is 81.7 Å². The molecule has 0 unspecified atom stereocenters. The van der Waals surface area contributed by atoms with Crippen LogP contribution in [0.3, 0.4) is 0 Å². The fraction of sp³-hybridized carbons (Fsp3) is 0.643. The number of fused-ring (bicyclic) bond motifs is 1. The summed E-state index contributed by atoms with van der Waals surface area (Å²) in [6.45, 7) is 3.79. The number of amides is 1. The van der Waals surface area contributed by atoms with Crippen molar-refractivity contribution in [1.29, 1.82) is 0 Å². The summed E-state index contributed by atoms with van der Waals surface area (Å²) in [5.41, 5.74) is 0.228. The van der Waals surface area contributed by atoms with Crippen molar-refractivity contribution in [2.45, 2.75) is 33.1 Å². The van der Waals surface area contributed by atoms with Gasteiger partial charge in [-0.2, -0.15) is 0 Å². The lowest BCUT2D eigenvalue weighted by Crippen LogP contribution is -2.44. The Labute approximate surface area is 117 Å². The van der Waals surface area contributed by atoms with E-state index in [2.05, 4.69) is 5.32 Å². The molecule has 1 heterocycles. The Kier molecular flexibility index (Phi) is 4.42. The molecule has 0 radical (unpaired) electrons. The average Bonchev–Trinajstić information content (AvgIpc) is 2.88. The molecule has 1 saturated carbocycles. The third kappa shape index (κ3) is 2.55. The Bertz CT molecular complexity index is 468. The van der Waals surface area contributed by atoms with Gasteiger partial charge in [-0.3, -0.25) is 4.79 Å². The van der Waals surface area contributed by atoms with Gasteiger partial charge in [0.2, 0.25) is 5.91 Å². The van der Waals surface area contributed by atoms with Gasteiger partial charge in [0.25, 0.3) is 0 Å². The first kappa shape index (κ1) is 14.6. The van der Waals surface area contributed by atoms with Crippen LogP contribution >= 0.6 is 0 Å². The van der Waals surface area contributed by atoms with Gasteiger partial charge in [0.15, 0.2) is 0 Å². The van der Waals surface area contributed by atoms with E-state index in [0.29, 0.717) is 0 Å². The molecule has 0 saturated heterocycles. The third-order valence-corrected chi connectivity index (χ3v) is 3.72. The minimum atomic E-state index is -0.672. The van der Waals surface area contributed by atoms with Crippen molar-refractivity contribution in [3.8, 4) is 0 Å². The van der Waals surface area contributed by atoms with Crippen LogP contribution in [0.1, 0.15) is 33.1 Å². The number of hydrogen-bond donors (Lipinski definition) is 1. The molecule has 1 fully saturated rings. The molecule has 6 heteroatoms. The standard InChI is InChI=1S/C14H19NO5/c1-3-19-13(17)10-8-6-5-7-9(8)12(16)15-11(10)14(18)20-4-2/h8-9H,3-7H2,1-2H3,(H,15,16)/t8-,9+/m0/s1. The lowest BCUT2D eigenvalue weighted by Gasteiger charge is -2.28. The molecule has 0 aromatic rings. The molecular formula is C14H19NO5. The van der Waals surface area contributed by atoms with Gasteiger partial charge in [0, 0.05) is 11.8 Å². The smallest absolute Gasteiger partial charge is 0.355 e. The molecular weight excluding hydrogens is 262 g/mol. The summed E-state index contributed by atoms with van der Waals surface area (Å²) in [6, 6.07) is 0. The summed E-state index contributed by atoms with van der Waals surface area (Å²) < 4.78 is 9.94. The van der Waals surface area contributed by atoms with E-state index in [1.807, 2.05) is 0 Å². The van der Waals surface area contributed by atoms with E-state index in [1.165, 1.54) is 0 Å². The second kappa shape index (κ2) is 6.07. The van der Waals surface area contributed by atoms with Crippen LogP contribution < -0.4 is 5.32 Å². The van der Waals surface area contributed by atoms with Crippen LogP contribution in [0.5, 0.6) is 0 Å². The van der Waals surface area contributed by atoms with Crippen LogP contribution in [0.25, 0.3) is 0 Å². The highest BCUT2D eigenvalue weighted by Crippen LogP contribution is 2.41. The molecule has 0 bridgehead atoms. The zero-order valence-electron chi connectivity index (χ0n) is 11.7. The van der Waals surface area contributed by atoms with Crippen molar-refractivity contribution in [1.82, 2.24) is 5.32 Å². The number of hydrogen-bond acceptors (Lipinski definition) is 5. The van der Waals surface area contributed by atoms with E-state index < -0.39 is 11.9 Å². The molecule has 0 spiro atoms. The zero-order chi connectivity index (χ0) is 14.7. The number of esters is 2. The zero-order valence-corrected chi connectivity index (χ0v) is 11.7. The molecule has 1 aliphatic carbocycles. The van der Waals surface area contributed by atoms with Crippen LogP contribution in [0.2, 0.25) is 0 Å². The highest BCUT2D eigenvalue weighted by molar-refractivity contribution is 6.05. The van der Waals surface area contributed by atoms with Crippen LogP contribution in [0.4, 0.5) is 0 Å². The van der Waals surface area contributed by atoms with Crippen LogP contribution in [-0.2, 0) is 23.9 Å². The normalized spacial score (nSPS) is 25.0. The summed E-state index contributed by atoms with van der Waals surface area (Å²) in [4.78, 5) is 36.1. The van der Waals surface area contributed by atoms with E-state index in [0.717, 1.165) is 19.3 Å². The lowest BCUT2D eigenvalue weighted by atomic mass is 9.83. The van der Waals surface area contributed by atoms with Crippen LogP contribution in [0.15, 0.2) is 11.3 Å². The number of nitrogens with one attached hydrogen (secondary N) is 1. The number of carbonyl (C=O) groups is 3. The first-order valence-electron chi connectivity index (χ1n) is 6.99. The van der Waals surface area contributed by atoms with Crippen molar-refractivity contribution in [3.05, 3.63) is 11.3 Å². The van der Waals surface area contributed by atoms with Crippen molar-refractivity contribution in [2.24, 2.45) is 11.8 Å². The lowest BCUT2D eigenvalue weighted by molar-refractivity contribution is -0.144. The second-order valence-corrected chi connectivity index (χ2v) is 4.86. The maximum absolute atomic E-state index is 12.1. The molecule has 2 atom stereocenters. The van der Waals surface area contributed by atoms with E-state index >= 15 is 0 Å². The third-order valence-electron chi connectivity index (χ3n) is 3.72. The van der Waals surface area contributed by atoms with Gasteiger partial charge in [0.1, 0.15) is 5.70 Å². The molecule has 1 amide bonds. The molecule has 0 aromatic carbocycles. The van der Waals surface area contributed by atoms with Gasteiger partial charge in [-0.15, -0.1) is 0 Å². The maximum atomic E-state index is 12.1. The largest absolute Gasteiger partial charge is 0.463 e. The summed E-state index contributed by atoms with van der Waals surface area (Å²) in [6.07, 6.45) is 2.31. The number of rotatable bonds is 4. The Balaban J connectivity index is 2.41. The highest BCUT2D eigenvalue weighted by atomic mass is 16.5. The van der Waals surface area contributed by atoms with Crippen molar-refractivity contribution >= 4 is 17.8 Å². The van der Waals surface area contributed by atoms with E-state index in [9.17, 15) is 14.4 Å². The molecule has 1 aliphatic heterocycles. The summed E-state index contributed by atoms with van der Waals surface area (Å²) in [7, 11) is 0. The Morgan fingerprint density at radius 3 is 2.35 bits per heavy atom. The summed E-state index contributed by atoms with van der Waals surface area (Å²) in [5, 5.41) is 2.53. The minimum Gasteiger partial charge on any atom is -0.463 e. The van der Waals surface area contributed by atoms with E-state index in [-0.39, 0.29) is 42.2 Å². The van der Waals surface area contributed by atoms with Gasteiger partial charge in [0.05, 0.1) is 18.8 Å². The number of carbonyl (C=O) groups excluding carboxylic acids is 3. The highest BCUT2D eigenvalue weighted by Gasteiger charge is 2.45. The van der Waals surface area contributed by atoms with Gasteiger partial charge >= 0.3 is 11.9 Å². The Hall–Kier alpha value is -1.85. The van der Waals surface area contributed by atoms with Gasteiger partial charge in [-0.25, -0.2) is 9.59 Å². The average molecular weight is 281 g/mol.